The van der Waals surface area contributed by atoms with Crippen LogP contribution in [0.25, 0.3) is 0 Å². The van der Waals surface area contributed by atoms with Crippen molar-refractivity contribution < 1.29 is 19.3 Å². The fraction of sp³-hybridized carbons (Fsp3) is 1.00. The summed E-state index contributed by atoms with van der Waals surface area (Å²) in [5.41, 5.74) is 0. The van der Waals surface area contributed by atoms with Crippen LogP contribution < -0.4 is 0 Å². The third-order valence-electron chi connectivity index (χ3n) is 2.09. The molecule has 1 atom stereocenters. The van der Waals surface area contributed by atoms with Gasteiger partial charge in [0.1, 0.15) is 0 Å². The summed E-state index contributed by atoms with van der Waals surface area (Å²) in [6, 6.07) is 0. The standard InChI is InChI=1S/C11H25NO4/c1-4-15-6-5-12(2)9-11(13)10-16-8-7-14-3/h11,13H,4-10H2,1-3H3. The molecule has 5 nitrogen and oxygen atoms in total. The molecule has 0 rings (SSSR count). The zero-order chi connectivity index (χ0) is 12.2. The minimum Gasteiger partial charge on any atom is -0.389 e. The van der Waals surface area contributed by atoms with Crippen molar-refractivity contribution in [1.29, 1.82) is 0 Å². The summed E-state index contributed by atoms with van der Waals surface area (Å²) in [5.74, 6) is 0. The first-order chi connectivity index (χ1) is 7.70. The molecule has 0 saturated heterocycles. The van der Waals surface area contributed by atoms with Crippen molar-refractivity contribution in [2.24, 2.45) is 0 Å². The Bertz CT molecular complexity index is 146. The quantitative estimate of drug-likeness (QED) is 0.510. The number of likely N-dealkylation sites (N-methyl/N-ethyl adjacent to an activating group) is 1. The Labute approximate surface area is 98.3 Å². The third kappa shape index (κ3) is 10.3. The van der Waals surface area contributed by atoms with Gasteiger partial charge in [0, 0.05) is 26.8 Å². The number of rotatable bonds is 11. The second-order valence-corrected chi connectivity index (χ2v) is 3.68. The van der Waals surface area contributed by atoms with E-state index in [9.17, 15) is 5.11 Å². The van der Waals surface area contributed by atoms with E-state index in [1.807, 2.05) is 18.9 Å². The number of hydrogen-bond donors (Lipinski definition) is 1. The van der Waals surface area contributed by atoms with Gasteiger partial charge in [-0.3, -0.25) is 0 Å². The van der Waals surface area contributed by atoms with Crippen molar-refractivity contribution in [3.8, 4) is 0 Å². The molecule has 1 unspecified atom stereocenters. The van der Waals surface area contributed by atoms with Gasteiger partial charge >= 0.3 is 0 Å². The highest BCUT2D eigenvalue weighted by Gasteiger charge is 2.07. The van der Waals surface area contributed by atoms with Gasteiger partial charge in [0.2, 0.25) is 0 Å². The first-order valence-corrected chi connectivity index (χ1v) is 5.71. The zero-order valence-corrected chi connectivity index (χ0v) is 10.6. The highest BCUT2D eigenvalue weighted by molar-refractivity contribution is 4.60. The van der Waals surface area contributed by atoms with Crippen LogP contribution in [0.2, 0.25) is 0 Å². The Balaban J connectivity index is 3.35. The Kier molecular flexibility index (Phi) is 11.1. The molecule has 0 fully saturated rings. The van der Waals surface area contributed by atoms with Gasteiger partial charge in [0.25, 0.3) is 0 Å². The summed E-state index contributed by atoms with van der Waals surface area (Å²) in [4.78, 5) is 2.03. The van der Waals surface area contributed by atoms with Gasteiger partial charge in [-0.1, -0.05) is 0 Å². The lowest BCUT2D eigenvalue weighted by Crippen LogP contribution is -2.34. The van der Waals surface area contributed by atoms with Crippen LogP contribution in [-0.2, 0) is 14.2 Å². The van der Waals surface area contributed by atoms with Crippen molar-refractivity contribution >= 4 is 0 Å². The van der Waals surface area contributed by atoms with Crippen LogP contribution in [0.3, 0.4) is 0 Å². The van der Waals surface area contributed by atoms with E-state index in [-0.39, 0.29) is 0 Å². The smallest absolute Gasteiger partial charge is 0.0900 e. The van der Waals surface area contributed by atoms with Crippen LogP contribution in [0.4, 0.5) is 0 Å². The van der Waals surface area contributed by atoms with Crippen LogP contribution in [0.1, 0.15) is 6.92 Å². The fourth-order valence-corrected chi connectivity index (χ4v) is 1.23. The maximum atomic E-state index is 9.63. The molecular weight excluding hydrogens is 210 g/mol. The Morgan fingerprint density at radius 2 is 1.94 bits per heavy atom. The fourth-order valence-electron chi connectivity index (χ4n) is 1.23. The van der Waals surface area contributed by atoms with E-state index in [1.165, 1.54) is 0 Å². The van der Waals surface area contributed by atoms with Gasteiger partial charge in [0.15, 0.2) is 0 Å². The molecule has 16 heavy (non-hydrogen) atoms. The van der Waals surface area contributed by atoms with Crippen molar-refractivity contribution in [3.63, 3.8) is 0 Å². The largest absolute Gasteiger partial charge is 0.389 e. The minimum atomic E-state index is -0.455. The first-order valence-electron chi connectivity index (χ1n) is 5.71. The predicted molar refractivity (Wildman–Crippen MR) is 62.7 cm³/mol. The molecule has 0 spiro atoms. The third-order valence-corrected chi connectivity index (χ3v) is 2.09. The molecular formula is C11H25NO4. The number of methoxy groups -OCH3 is 1. The summed E-state index contributed by atoms with van der Waals surface area (Å²) < 4.78 is 15.3. The summed E-state index contributed by atoms with van der Waals surface area (Å²) >= 11 is 0. The molecule has 0 aliphatic carbocycles. The number of aliphatic hydroxyl groups is 1. The summed E-state index contributed by atoms with van der Waals surface area (Å²) in [6.07, 6.45) is -0.455. The number of nitrogens with zero attached hydrogens (tertiary/aromatic N) is 1. The van der Waals surface area contributed by atoms with Crippen molar-refractivity contribution in [1.82, 2.24) is 4.90 Å². The molecule has 0 aromatic heterocycles. The highest BCUT2D eigenvalue weighted by atomic mass is 16.5. The second kappa shape index (κ2) is 11.3. The van der Waals surface area contributed by atoms with Crippen molar-refractivity contribution in [3.05, 3.63) is 0 Å². The highest BCUT2D eigenvalue weighted by Crippen LogP contribution is 1.91. The average Bonchev–Trinajstić information content (AvgIpc) is 2.25. The molecule has 0 amide bonds. The van der Waals surface area contributed by atoms with Crippen LogP contribution >= 0.6 is 0 Å². The lowest BCUT2D eigenvalue weighted by atomic mass is 10.3. The Morgan fingerprint density at radius 3 is 2.56 bits per heavy atom. The summed E-state index contributed by atoms with van der Waals surface area (Å²) in [6.45, 7) is 6.26. The topological polar surface area (TPSA) is 51.2 Å². The molecule has 0 saturated carbocycles. The molecule has 0 aliphatic heterocycles. The maximum Gasteiger partial charge on any atom is 0.0900 e. The van der Waals surface area contributed by atoms with Crippen molar-refractivity contribution in [2.75, 3.05) is 60.3 Å². The van der Waals surface area contributed by atoms with Gasteiger partial charge in [0.05, 0.1) is 32.5 Å². The van der Waals surface area contributed by atoms with Crippen LogP contribution in [-0.4, -0.2) is 76.4 Å². The molecule has 0 aromatic carbocycles. The second-order valence-electron chi connectivity index (χ2n) is 3.68. The predicted octanol–water partition coefficient (Wildman–Crippen LogP) is -0.0214. The molecule has 1 N–H and O–H groups in total. The summed E-state index contributed by atoms with van der Waals surface area (Å²) in [5, 5.41) is 9.63. The SMILES string of the molecule is CCOCCN(C)CC(O)COCCOC. The van der Waals surface area contributed by atoms with Gasteiger partial charge in [-0.05, 0) is 14.0 Å². The van der Waals surface area contributed by atoms with E-state index in [2.05, 4.69) is 0 Å². The number of ether oxygens (including phenoxy) is 3. The Morgan fingerprint density at radius 1 is 1.19 bits per heavy atom. The molecule has 98 valence electrons. The number of aliphatic hydroxyl groups excluding tert-OH is 1. The molecule has 0 bridgehead atoms. The average molecular weight is 235 g/mol. The van der Waals surface area contributed by atoms with E-state index >= 15 is 0 Å². The van der Waals surface area contributed by atoms with Gasteiger partial charge in [-0.25, -0.2) is 0 Å². The normalized spacial score (nSPS) is 13.3. The lowest BCUT2D eigenvalue weighted by Gasteiger charge is -2.20. The van der Waals surface area contributed by atoms with Crippen molar-refractivity contribution in [2.45, 2.75) is 13.0 Å². The molecule has 5 heteroatoms. The monoisotopic (exact) mass is 235 g/mol. The molecule has 0 aromatic rings. The lowest BCUT2D eigenvalue weighted by molar-refractivity contribution is -0.000419. The van der Waals surface area contributed by atoms with Gasteiger partial charge < -0.3 is 24.2 Å². The molecule has 0 heterocycles. The minimum absolute atomic E-state index is 0.350. The number of hydrogen-bond acceptors (Lipinski definition) is 5. The van der Waals surface area contributed by atoms with Crippen LogP contribution in [0.5, 0.6) is 0 Å². The molecule has 0 aliphatic rings. The first kappa shape index (κ1) is 15.8. The van der Waals surface area contributed by atoms with E-state index in [0.717, 1.165) is 13.2 Å². The molecule has 0 radical (unpaired) electrons. The van der Waals surface area contributed by atoms with E-state index in [0.29, 0.717) is 33.0 Å². The van der Waals surface area contributed by atoms with E-state index in [4.69, 9.17) is 14.2 Å². The summed E-state index contributed by atoms with van der Waals surface area (Å²) in [7, 11) is 3.58. The van der Waals surface area contributed by atoms with Gasteiger partial charge in [-0.2, -0.15) is 0 Å². The maximum absolute atomic E-state index is 9.63. The zero-order valence-electron chi connectivity index (χ0n) is 10.6. The Hall–Kier alpha value is -0.200. The van der Waals surface area contributed by atoms with E-state index < -0.39 is 6.10 Å². The van der Waals surface area contributed by atoms with Crippen LogP contribution in [0.15, 0.2) is 0 Å². The van der Waals surface area contributed by atoms with E-state index in [1.54, 1.807) is 7.11 Å². The van der Waals surface area contributed by atoms with Gasteiger partial charge in [-0.15, -0.1) is 0 Å². The van der Waals surface area contributed by atoms with Crippen LogP contribution in [0, 0.1) is 0 Å².